The minimum atomic E-state index is -0.756. The van der Waals surface area contributed by atoms with E-state index >= 15 is 0 Å². The Kier molecular flexibility index (Phi) is 9.04. The van der Waals surface area contributed by atoms with Gasteiger partial charge in [-0.2, -0.15) is 0 Å². The topological polar surface area (TPSA) is 114 Å². The molecule has 0 radical (unpaired) electrons. The molecule has 1 aliphatic heterocycles. The molecule has 3 aromatic rings. The molecule has 0 aromatic heterocycles. The van der Waals surface area contributed by atoms with E-state index in [-0.39, 0.29) is 36.9 Å². The molecule has 5 rings (SSSR count). The molecule has 1 heterocycles. The number of nitrogens with zero attached hydrogens (tertiary/aromatic N) is 1. The molecule has 1 aliphatic carbocycles. The second kappa shape index (κ2) is 12.7. The minimum Gasteiger partial charge on any atom is -0.484 e. The van der Waals surface area contributed by atoms with Gasteiger partial charge < -0.3 is 21.1 Å². The molecule has 8 nitrogen and oxygen atoms in total. The van der Waals surface area contributed by atoms with Crippen molar-refractivity contribution < 1.29 is 19.1 Å². The summed E-state index contributed by atoms with van der Waals surface area (Å²) < 4.78 is 5.76. The van der Waals surface area contributed by atoms with Gasteiger partial charge in [-0.1, -0.05) is 40.9 Å². The van der Waals surface area contributed by atoms with Crippen LogP contribution in [0.2, 0.25) is 15.1 Å². The van der Waals surface area contributed by atoms with Crippen molar-refractivity contribution in [3.05, 3.63) is 86.9 Å². The molecule has 0 bridgehead atoms. The standard InChI is InChI=1S/C30H29Cl3N4O4/c31-18-2-9-22(10-3-18)41-16-29(39)37-26-12-1-17(30(40)35-21-7-5-20(34)6-8-21)13-25(26)36-28(38)15-27(37)23-11-4-19(32)14-24(23)33/h1-4,9-14,20-21,27H,5-8,15-16,34H2,(H,35,40)(H,36,38). The number of carbonyl (C=O) groups excluding carboxylic acids is 3. The third kappa shape index (κ3) is 6.96. The van der Waals surface area contributed by atoms with Gasteiger partial charge in [0, 0.05) is 32.7 Å². The van der Waals surface area contributed by atoms with E-state index in [0.717, 1.165) is 25.7 Å². The van der Waals surface area contributed by atoms with Gasteiger partial charge in [0.05, 0.1) is 23.8 Å². The largest absolute Gasteiger partial charge is 0.484 e. The summed E-state index contributed by atoms with van der Waals surface area (Å²) in [6.45, 7) is -0.316. The van der Waals surface area contributed by atoms with Gasteiger partial charge in [-0.15, -0.1) is 0 Å². The van der Waals surface area contributed by atoms with E-state index in [2.05, 4.69) is 10.6 Å². The maximum absolute atomic E-state index is 13.8. The lowest BCUT2D eigenvalue weighted by Crippen LogP contribution is -2.40. The fraction of sp³-hybridized carbons (Fsp3) is 0.300. The number of ether oxygens (including phenoxy) is 1. The maximum atomic E-state index is 13.8. The van der Waals surface area contributed by atoms with Gasteiger partial charge in [0.15, 0.2) is 6.61 Å². The Morgan fingerprint density at radius 1 is 0.951 bits per heavy atom. The number of hydrogen-bond acceptors (Lipinski definition) is 5. The first-order chi connectivity index (χ1) is 19.7. The predicted octanol–water partition coefficient (Wildman–Crippen LogP) is 6.14. The first kappa shape index (κ1) is 29.2. The number of nitrogens with one attached hydrogen (secondary N) is 2. The molecule has 1 fully saturated rings. The van der Waals surface area contributed by atoms with Gasteiger partial charge in [0.1, 0.15) is 5.75 Å². The molecule has 1 unspecified atom stereocenters. The van der Waals surface area contributed by atoms with Crippen molar-refractivity contribution in [3.8, 4) is 5.75 Å². The maximum Gasteiger partial charge on any atom is 0.265 e. The van der Waals surface area contributed by atoms with Crippen LogP contribution in [0, 0.1) is 0 Å². The molecule has 4 N–H and O–H groups in total. The second-order valence-electron chi connectivity index (χ2n) is 10.3. The van der Waals surface area contributed by atoms with Crippen molar-refractivity contribution in [3.63, 3.8) is 0 Å². The molecule has 3 aromatic carbocycles. The van der Waals surface area contributed by atoms with Crippen molar-refractivity contribution in [1.82, 2.24) is 5.32 Å². The van der Waals surface area contributed by atoms with Crippen LogP contribution in [-0.4, -0.2) is 36.4 Å². The van der Waals surface area contributed by atoms with E-state index in [0.29, 0.717) is 43.3 Å². The average Bonchev–Trinajstić information content (AvgIpc) is 3.08. The first-order valence-electron chi connectivity index (χ1n) is 13.3. The zero-order valence-corrected chi connectivity index (χ0v) is 24.3. The summed E-state index contributed by atoms with van der Waals surface area (Å²) >= 11 is 18.7. The molecule has 1 atom stereocenters. The Bertz CT molecular complexity index is 1460. The van der Waals surface area contributed by atoms with Gasteiger partial charge in [-0.3, -0.25) is 19.3 Å². The van der Waals surface area contributed by atoms with Crippen LogP contribution in [0.1, 0.15) is 54.1 Å². The van der Waals surface area contributed by atoms with E-state index in [9.17, 15) is 14.4 Å². The summed E-state index contributed by atoms with van der Waals surface area (Å²) in [5, 5.41) is 7.22. The molecular weight excluding hydrogens is 587 g/mol. The Morgan fingerprint density at radius 2 is 1.66 bits per heavy atom. The second-order valence-corrected chi connectivity index (χ2v) is 11.5. The number of rotatable bonds is 6. The molecule has 11 heteroatoms. The minimum absolute atomic E-state index is 0.0372. The number of anilines is 2. The van der Waals surface area contributed by atoms with E-state index in [4.69, 9.17) is 45.3 Å². The van der Waals surface area contributed by atoms with E-state index in [1.807, 2.05) is 0 Å². The number of fused-ring (bicyclic) bond motifs is 1. The van der Waals surface area contributed by atoms with Gasteiger partial charge in [0.25, 0.3) is 11.8 Å². The average molecular weight is 616 g/mol. The number of benzene rings is 3. The number of nitrogens with two attached hydrogens (primary N) is 1. The first-order valence-corrected chi connectivity index (χ1v) is 14.5. The summed E-state index contributed by atoms with van der Waals surface area (Å²) in [6, 6.07) is 15.9. The Balaban J connectivity index is 1.47. The van der Waals surface area contributed by atoms with Crippen molar-refractivity contribution in [2.24, 2.45) is 5.73 Å². The fourth-order valence-electron chi connectivity index (χ4n) is 5.23. The number of amides is 3. The number of carbonyl (C=O) groups is 3. The molecule has 41 heavy (non-hydrogen) atoms. The van der Waals surface area contributed by atoms with Gasteiger partial charge >= 0.3 is 0 Å². The molecule has 0 spiro atoms. The highest BCUT2D eigenvalue weighted by atomic mass is 35.5. The third-order valence-electron chi connectivity index (χ3n) is 7.36. The van der Waals surface area contributed by atoms with Crippen LogP contribution in [0.25, 0.3) is 0 Å². The quantitative estimate of drug-likeness (QED) is 0.308. The molecule has 2 aliphatic rings. The van der Waals surface area contributed by atoms with Gasteiger partial charge in [-0.25, -0.2) is 0 Å². The summed E-state index contributed by atoms with van der Waals surface area (Å²) in [5.41, 5.74) is 7.66. The van der Waals surface area contributed by atoms with Crippen molar-refractivity contribution in [2.45, 2.75) is 50.2 Å². The van der Waals surface area contributed by atoms with Crippen LogP contribution in [0.15, 0.2) is 60.7 Å². The molecule has 1 saturated carbocycles. The van der Waals surface area contributed by atoms with Crippen LogP contribution in [0.5, 0.6) is 5.75 Å². The van der Waals surface area contributed by atoms with Crippen LogP contribution in [0.4, 0.5) is 11.4 Å². The van der Waals surface area contributed by atoms with E-state index in [1.165, 1.54) is 4.90 Å². The van der Waals surface area contributed by atoms with Crippen molar-refractivity contribution >= 4 is 63.9 Å². The van der Waals surface area contributed by atoms with Crippen LogP contribution in [0.3, 0.4) is 0 Å². The summed E-state index contributed by atoms with van der Waals surface area (Å²) in [7, 11) is 0. The molecule has 214 valence electrons. The number of hydrogen-bond donors (Lipinski definition) is 3. The highest BCUT2D eigenvalue weighted by molar-refractivity contribution is 6.35. The van der Waals surface area contributed by atoms with Gasteiger partial charge in [-0.05, 0) is 85.8 Å². The van der Waals surface area contributed by atoms with Crippen LogP contribution >= 0.6 is 34.8 Å². The van der Waals surface area contributed by atoms with Gasteiger partial charge in [0.2, 0.25) is 5.91 Å². The van der Waals surface area contributed by atoms with E-state index in [1.54, 1.807) is 60.7 Å². The smallest absolute Gasteiger partial charge is 0.265 e. The Hall–Kier alpha value is -3.30. The zero-order valence-electron chi connectivity index (χ0n) is 22.0. The Labute approximate surface area is 253 Å². The van der Waals surface area contributed by atoms with Crippen LogP contribution < -0.4 is 26.0 Å². The highest BCUT2D eigenvalue weighted by Crippen LogP contribution is 2.41. The molecule has 3 amide bonds. The van der Waals surface area contributed by atoms with Crippen molar-refractivity contribution in [1.29, 1.82) is 0 Å². The summed E-state index contributed by atoms with van der Waals surface area (Å²) in [4.78, 5) is 41.6. The SMILES string of the molecule is NC1CCC(NC(=O)c2ccc3c(c2)NC(=O)CC(c2ccc(Cl)cc2Cl)N3C(=O)COc2ccc(Cl)cc2)CC1. The van der Waals surface area contributed by atoms with Crippen LogP contribution in [-0.2, 0) is 9.59 Å². The number of halogens is 3. The zero-order chi connectivity index (χ0) is 29.1. The lowest BCUT2D eigenvalue weighted by molar-refractivity contribution is -0.121. The summed E-state index contributed by atoms with van der Waals surface area (Å²) in [5.74, 6) is -0.545. The lowest BCUT2D eigenvalue weighted by Gasteiger charge is -2.31. The van der Waals surface area contributed by atoms with E-state index < -0.39 is 11.9 Å². The van der Waals surface area contributed by atoms with Crippen molar-refractivity contribution in [2.75, 3.05) is 16.8 Å². The predicted molar refractivity (Wildman–Crippen MR) is 161 cm³/mol. The summed E-state index contributed by atoms with van der Waals surface area (Å²) in [6.07, 6.45) is 3.26. The lowest BCUT2D eigenvalue weighted by atomic mass is 9.91. The molecular formula is C30H29Cl3N4O4. The fourth-order valence-corrected chi connectivity index (χ4v) is 5.89. The highest BCUT2D eigenvalue weighted by Gasteiger charge is 2.35. The normalized spacial score (nSPS) is 20.4. The third-order valence-corrected chi connectivity index (χ3v) is 8.17. The molecule has 0 saturated heterocycles. The Morgan fingerprint density at radius 3 is 2.37 bits per heavy atom. The monoisotopic (exact) mass is 614 g/mol.